The summed E-state index contributed by atoms with van der Waals surface area (Å²) in [5, 5.41) is 2.96. The van der Waals surface area contributed by atoms with Crippen LogP contribution < -0.4 is 14.4 Å². The molecule has 0 radical (unpaired) electrons. The van der Waals surface area contributed by atoms with Crippen LogP contribution in [-0.4, -0.2) is 28.0 Å². The van der Waals surface area contributed by atoms with Crippen LogP contribution in [0.25, 0.3) is 0 Å². The Hall–Kier alpha value is -3.32. The van der Waals surface area contributed by atoms with Crippen LogP contribution >= 0.6 is 0 Å². The number of aryl methyl sites for hydroxylation is 2. The Labute approximate surface area is 189 Å². The normalized spacial score (nSPS) is 11.1. The number of nitrogens with one attached hydrogen (secondary N) is 1. The summed E-state index contributed by atoms with van der Waals surface area (Å²) in [6.45, 7) is 3.69. The third-order valence-electron chi connectivity index (χ3n) is 5.24. The molecule has 0 saturated heterocycles. The Morgan fingerprint density at radius 2 is 1.47 bits per heavy atom. The summed E-state index contributed by atoms with van der Waals surface area (Å²) in [7, 11) is -2.42. The minimum absolute atomic E-state index is 0.117. The van der Waals surface area contributed by atoms with Crippen molar-refractivity contribution >= 4 is 27.3 Å². The molecule has 0 bridgehead atoms. The number of carbonyl (C=O) groups is 1. The second-order valence-electron chi connectivity index (χ2n) is 7.23. The first-order valence-corrected chi connectivity index (χ1v) is 12.0. The van der Waals surface area contributed by atoms with Crippen molar-refractivity contribution in [3.8, 4) is 5.75 Å². The summed E-state index contributed by atoms with van der Waals surface area (Å²) in [5.41, 5.74) is 3.16. The zero-order chi connectivity index (χ0) is 23.1. The van der Waals surface area contributed by atoms with Gasteiger partial charge in [0.25, 0.3) is 10.0 Å². The second-order valence-corrected chi connectivity index (χ2v) is 9.09. The molecule has 0 heterocycles. The average Bonchev–Trinajstić information content (AvgIpc) is 2.83. The quantitative estimate of drug-likeness (QED) is 0.513. The van der Waals surface area contributed by atoms with Crippen molar-refractivity contribution in [2.75, 3.05) is 23.3 Å². The van der Waals surface area contributed by atoms with Crippen molar-refractivity contribution < 1.29 is 17.9 Å². The lowest BCUT2D eigenvalue weighted by atomic mass is 10.0. The molecule has 0 fully saturated rings. The molecule has 0 aliphatic heterocycles. The molecule has 0 atom stereocenters. The van der Waals surface area contributed by atoms with E-state index in [4.69, 9.17) is 4.74 Å². The molecular weight excluding hydrogens is 424 g/mol. The number of methoxy groups -OCH3 is 1. The zero-order valence-electron chi connectivity index (χ0n) is 18.5. The molecule has 1 N–H and O–H groups in total. The third-order valence-corrected chi connectivity index (χ3v) is 7.03. The lowest BCUT2D eigenvalue weighted by Gasteiger charge is -2.25. The van der Waals surface area contributed by atoms with Crippen molar-refractivity contribution in [3.63, 3.8) is 0 Å². The number of ether oxygens (including phenoxy) is 1. The summed E-state index contributed by atoms with van der Waals surface area (Å²) in [6, 6.07) is 20.6. The van der Waals surface area contributed by atoms with Crippen molar-refractivity contribution in [2.24, 2.45) is 0 Å². The number of amides is 1. The monoisotopic (exact) mass is 452 g/mol. The molecule has 3 aromatic carbocycles. The maximum absolute atomic E-state index is 13.4. The average molecular weight is 453 g/mol. The van der Waals surface area contributed by atoms with E-state index in [9.17, 15) is 13.2 Å². The van der Waals surface area contributed by atoms with Crippen LogP contribution in [0.2, 0.25) is 0 Å². The fourth-order valence-electron chi connectivity index (χ4n) is 3.50. The van der Waals surface area contributed by atoms with Gasteiger partial charge in [-0.1, -0.05) is 50.2 Å². The highest BCUT2D eigenvalue weighted by molar-refractivity contribution is 7.92. The number of sulfonamides is 1. The zero-order valence-corrected chi connectivity index (χ0v) is 19.4. The number of anilines is 2. The van der Waals surface area contributed by atoms with E-state index in [1.54, 1.807) is 42.5 Å². The molecule has 32 heavy (non-hydrogen) atoms. The summed E-state index contributed by atoms with van der Waals surface area (Å²) >= 11 is 0. The number of rotatable bonds is 9. The molecule has 0 spiro atoms. The highest BCUT2D eigenvalue weighted by atomic mass is 32.2. The number of hydrogen-bond donors (Lipinski definition) is 1. The standard InChI is InChI=1S/C25H28N2O4S/c1-4-19-10-9-11-20(5-2)25(19)26-24(28)18-27(21-14-16-22(31-3)17-15-21)32(29,30)23-12-7-6-8-13-23/h6-17H,4-5,18H2,1-3H3,(H,26,28). The summed E-state index contributed by atoms with van der Waals surface area (Å²) in [4.78, 5) is 13.2. The first-order chi connectivity index (χ1) is 15.4. The fraction of sp³-hybridized carbons (Fsp3) is 0.240. The predicted octanol–water partition coefficient (Wildman–Crippen LogP) is 4.65. The minimum Gasteiger partial charge on any atom is -0.497 e. The van der Waals surface area contributed by atoms with E-state index in [1.165, 1.54) is 19.2 Å². The topological polar surface area (TPSA) is 75.7 Å². The number of hydrogen-bond acceptors (Lipinski definition) is 4. The van der Waals surface area contributed by atoms with E-state index >= 15 is 0 Å². The Balaban J connectivity index is 1.97. The summed E-state index contributed by atoms with van der Waals surface area (Å²) < 4.78 is 33.2. The van der Waals surface area contributed by atoms with Crippen LogP contribution in [0.4, 0.5) is 11.4 Å². The summed E-state index contributed by atoms with van der Waals surface area (Å²) in [5.74, 6) is 0.190. The maximum Gasteiger partial charge on any atom is 0.264 e. The van der Waals surface area contributed by atoms with Crippen LogP contribution in [0.1, 0.15) is 25.0 Å². The molecule has 0 unspecified atom stereocenters. The Kier molecular flexibility index (Phi) is 7.53. The molecule has 6 nitrogen and oxygen atoms in total. The van der Waals surface area contributed by atoms with Gasteiger partial charge in [-0.3, -0.25) is 9.10 Å². The Morgan fingerprint density at radius 3 is 2.00 bits per heavy atom. The lowest BCUT2D eigenvalue weighted by Crippen LogP contribution is -2.38. The highest BCUT2D eigenvalue weighted by Crippen LogP contribution is 2.27. The van der Waals surface area contributed by atoms with Gasteiger partial charge < -0.3 is 10.1 Å². The molecule has 7 heteroatoms. The molecular formula is C25H28N2O4S. The van der Waals surface area contributed by atoms with Gasteiger partial charge in [0.1, 0.15) is 12.3 Å². The largest absolute Gasteiger partial charge is 0.497 e. The molecule has 1 amide bonds. The smallest absolute Gasteiger partial charge is 0.264 e. The number of para-hydroxylation sites is 1. The third kappa shape index (κ3) is 5.11. The molecule has 0 aliphatic carbocycles. The van der Waals surface area contributed by atoms with E-state index in [1.807, 2.05) is 32.0 Å². The molecule has 0 aromatic heterocycles. The van der Waals surface area contributed by atoms with E-state index in [0.29, 0.717) is 11.4 Å². The predicted molar refractivity (Wildman–Crippen MR) is 128 cm³/mol. The van der Waals surface area contributed by atoms with Crippen molar-refractivity contribution in [1.29, 1.82) is 0 Å². The van der Waals surface area contributed by atoms with Gasteiger partial charge in [0.15, 0.2) is 0 Å². The van der Waals surface area contributed by atoms with Crippen LogP contribution in [0, 0.1) is 0 Å². The van der Waals surface area contributed by atoms with Gasteiger partial charge in [-0.2, -0.15) is 0 Å². The van der Waals surface area contributed by atoms with Crippen molar-refractivity contribution in [2.45, 2.75) is 31.6 Å². The van der Waals surface area contributed by atoms with Crippen LogP contribution in [0.5, 0.6) is 5.75 Å². The Bertz CT molecular complexity index is 1140. The van der Waals surface area contributed by atoms with E-state index in [2.05, 4.69) is 5.32 Å². The SMILES string of the molecule is CCc1cccc(CC)c1NC(=O)CN(c1ccc(OC)cc1)S(=O)(=O)c1ccccc1. The molecule has 168 valence electrons. The molecule has 3 aromatic rings. The first-order valence-electron chi connectivity index (χ1n) is 10.5. The van der Waals surface area contributed by atoms with Crippen LogP contribution in [0.15, 0.2) is 77.7 Å². The number of carbonyl (C=O) groups excluding carboxylic acids is 1. The Morgan fingerprint density at radius 1 is 0.875 bits per heavy atom. The van der Waals surface area contributed by atoms with Crippen LogP contribution in [0.3, 0.4) is 0 Å². The molecule has 3 rings (SSSR count). The van der Waals surface area contributed by atoms with Crippen molar-refractivity contribution in [1.82, 2.24) is 0 Å². The highest BCUT2D eigenvalue weighted by Gasteiger charge is 2.27. The second kappa shape index (κ2) is 10.3. The van der Waals surface area contributed by atoms with Gasteiger partial charge >= 0.3 is 0 Å². The van der Waals surface area contributed by atoms with Gasteiger partial charge in [0.2, 0.25) is 5.91 Å². The first kappa shape index (κ1) is 23.3. The van der Waals surface area contributed by atoms with Gasteiger partial charge in [-0.25, -0.2) is 8.42 Å². The lowest BCUT2D eigenvalue weighted by molar-refractivity contribution is -0.114. The molecule has 0 aliphatic rings. The number of nitrogens with zero attached hydrogens (tertiary/aromatic N) is 1. The van der Waals surface area contributed by atoms with Gasteiger partial charge in [-0.05, 0) is 60.4 Å². The van der Waals surface area contributed by atoms with Gasteiger partial charge in [0, 0.05) is 5.69 Å². The van der Waals surface area contributed by atoms with E-state index < -0.39 is 15.9 Å². The van der Waals surface area contributed by atoms with E-state index in [-0.39, 0.29) is 11.4 Å². The minimum atomic E-state index is -3.96. The maximum atomic E-state index is 13.4. The van der Waals surface area contributed by atoms with Crippen molar-refractivity contribution in [3.05, 3.63) is 83.9 Å². The number of benzene rings is 3. The van der Waals surface area contributed by atoms with Gasteiger partial charge in [-0.15, -0.1) is 0 Å². The molecule has 0 saturated carbocycles. The fourth-order valence-corrected chi connectivity index (χ4v) is 4.94. The van der Waals surface area contributed by atoms with E-state index in [0.717, 1.165) is 34.0 Å². The van der Waals surface area contributed by atoms with Gasteiger partial charge in [0.05, 0.1) is 17.7 Å². The summed E-state index contributed by atoms with van der Waals surface area (Å²) in [6.07, 6.45) is 1.52. The van der Waals surface area contributed by atoms with Crippen LogP contribution in [-0.2, 0) is 27.7 Å².